The Bertz CT molecular complexity index is 1120. The molecule has 3 heterocycles. The number of ether oxygens (including phenoxy) is 1. The summed E-state index contributed by atoms with van der Waals surface area (Å²) in [4.78, 5) is 20.5. The molecule has 0 aromatic heterocycles. The molecule has 3 aliphatic rings. The van der Waals surface area contributed by atoms with Crippen molar-refractivity contribution in [3.63, 3.8) is 0 Å². The van der Waals surface area contributed by atoms with Crippen LogP contribution in [0.25, 0.3) is 5.57 Å². The maximum absolute atomic E-state index is 13.0. The van der Waals surface area contributed by atoms with Crippen LogP contribution < -0.4 is 10.2 Å². The van der Waals surface area contributed by atoms with Gasteiger partial charge in [-0.15, -0.1) is 6.58 Å². The summed E-state index contributed by atoms with van der Waals surface area (Å²) in [5, 5.41) is 3.09. The second-order valence-electron chi connectivity index (χ2n) is 10.6. The van der Waals surface area contributed by atoms with Gasteiger partial charge in [0.05, 0.1) is 13.2 Å². The van der Waals surface area contributed by atoms with Gasteiger partial charge in [-0.25, -0.2) is 0 Å². The smallest absolute Gasteiger partial charge is 0.255 e. The van der Waals surface area contributed by atoms with Crippen molar-refractivity contribution < 1.29 is 9.53 Å². The summed E-state index contributed by atoms with van der Waals surface area (Å²) in [7, 11) is 0. The van der Waals surface area contributed by atoms with Gasteiger partial charge in [0.2, 0.25) is 0 Å². The van der Waals surface area contributed by atoms with Crippen molar-refractivity contribution in [1.82, 2.24) is 9.80 Å². The minimum absolute atomic E-state index is 0.0934. The summed E-state index contributed by atoms with van der Waals surface area (Å²) in [6.07, 6.45) is 5.77. The first-order valence-electron chi connectivity index (χ1n) is 13.7. The van der Waals surface area contributed by atoms with Crippen LogP contribution in [0.2, 0.25) is 0 Å². The van der Waals surface area contributed by atoms with Crippen LogP contribution in [0, 0.1) is 0 Å². The van der Waals surface area contributed by atoms with Crippen molar-refractivity contribution in [3.05, 3.63) is 78.4 Å². The first kappa shape index (κ1) is 25.7. The van der Waals surface area contributed by atoms with E-state index in [4.69, 9.17) is 4.74 Å². The van der Waals surface area contributed by atoms with E-state index in [1.807, 2.05) is 37.3 Å². The zero-order valence-corrected chi connectivity index (χ0v) is 22.1. The first-order valence-corrected chi connectivity index (χ1v) is 13.7. The molecule has 0 bridgehead atoms. The molecule has 2 aromatic carbocycles. The summed E-state index contributed by atoms with van der Waals surface area (Å²) in [6, 6.07) is 15.2. The van der Waals surface area contributed by atoms with E-state index in [-0.39, 0.29) is 5.91 Å². The number of allylic oxidation sites excluding steroid dienone is 1. The number of nitrogens with one attached hydrogen (secondary N) is 1. The number of benzene rings is 2. The number of morpholine rings is 1. The second kappa shape index (κ2) is 11.6. The molecule has 0 saturated carbocycles. The number of likely N-dealkylation sites (tertiary alicyclic amines) is 1. The van der Waals surface area contributed by atoms with E-state index in [1.54, 1.807) is 0 Å². The molecule has 5 rings (SSSR count). The predicted molar refractivity (Wildman–Crippen MR) is 152 cm³/mol. The van der Waals surface area contributed by atoms with Gasteiger partial charge in [-0.05, 0) is 74.2 Å². The standard InChI is InChI=1S/C31H40N4O2/c1-4-27-6-5-14-35(27)28-13-15-34(22-28)30-12-11-26(20-29(30)23(2)3)32-31(36)25-9-7-24(8-10-25)21-33-16-18-37-19-17-33/h4,7-12,20,27-28H,1-2,5-6,13-19,21-22H2,3H3,(H,32,36). The topological polar surface area (TPSA) is 48.0 Å². The maximum atomic E-state index is 13.0. The number of hydrogen-bond acceptors (Lipinski definition) is 5. The molecule has 6 heteroatoms. The lowest BCUT2D eigenvalue weighted by Gasteiger charge is -2.29. The molecule has 0 spiro atoms. The van der Waals surface area contributed by atoms with E-state index < -0.39 is 0 Å². The number of hydrogen-bond donors (Lipinski definition) is 1. The Labute approximate surface area is 221 Å². The van der Waals surface area contributed by atoms with Gasteiger partial charge in [0.25, 0.3) is 5.91 Å². The largest absolute Gasteiger partial charge is 0.379 e. The second-order valence-corrected chi connectivity index (χ2v) is 10.6. The predicted octanol–water partition coefficient (Wildman–Crippen LogP) is 5.03. The Hall–Kier alpha value is -2.93. The number of carbonyl (C=O) groups is 1. The van der Waals surface area contributed by atoms with Crippen LogP contribution in [0.1, 0.15) is 47.7 Å². The van der Waals surface area contributed by atoms with E-state index in [0.717, 1.165) is 62.8 Å². The Balaban J connectivity index is 1.23. The zero-order chi connectivity index (χ0) is 25.8. The number of carbonyl (C=O) groups excluding carboxylic acids is 1. The molecular weight excluding hydrogens is 460 g/mol. The fourth-order valence-corrected chi connectivity index (χ4v) is 5.97. The van der Waals surface area contributed by atoms with Crippen LogP contribution in [0.5, 0.6) is 0 Å². The maximum Gasteiger partial charge on any atom is 0.255 e. The summed E-state index contributed by atoms with van der Waals surface area (Å²) in [5.41, 5.74) is 5.98. The summed E-state index contributed by atoms with van der Waals surface area (Å²) in [6.45, 7) is 17.9. The van der Waals surface area contributed by atoms with E-state index in [1.165, 1.54) is 37.1 Å². The Kier molecular flexibility index (Phi) is 8.08. The highest BCUT2D eigenvalue weighted by Crippen LogP contribution is 2.34. The van der Waals surface area contributed by atoms with E-state index >= 15 is 0 Å². The molecule has 2 aromatic rings. The van der Waals surface area contributed by atoms with Gasteiger partial charge >= 0.3 is 0 Å². The summed E-state index contributed by atoms with van der Waals surface area (Å²) in [5.74, 6) is -0.0934. The van der Waals surface area contributed by atoms with Crippen molar-refractivity contribution in [2.75, 3.05) is 56.2 Å². The third-order valence-electron chi connectivity index (χ3n) is 8.03. The molecule has 1 N–H and O–H groups in total. The minimum atomic E-state index is -0.0934. The molecule has 2 unspecified atom stereocenters. The van der Waals surface area contributed by atoms with Gasteiger partial charge in [-0.1, -0.05) is 24.8 Å². The fourth-order valence-electron chi connectivity index (χ4n) is 5.97. The lowest BCUT2D eigenvalue weighted by atomic mass is 10.0. The fraction of sp³-hybridized carbons (Fsp3) is 0.452. The molecule has 0 aliphatic carbocycles. The molecule has 196 valence electrons. The highest BCUT2D eigenvalue weighted by atomic mass is 16.5. The van der Waals surface area contributed by atoms with Crippen molar-refractivity contribution in [2.24, 2.45) is 0 Å². The Morgan fingerprint density at radius 3 is 2.59 bits per heavy atom. The molecule has 3 aliphatic heterocycles. The number of nitrogens with zero attached hydrogens (tertiary/aromatic N) is 3. The highest BCUT2D eigenvalue weighted by Gasteiger charge is 2.34. The Morgan fingerprint density at radius 2 is 1.86 bits per heavy atom. The quantitative estimate of drug-likeness (QED) is 0.515. The molecule has 3 saturated heterocycles. The summed E-state index contributed by atoms with van der Waals surface area (Å²) >= 11 is 0. The molecule has 6 nitrogen and oxygen atoms in total. The van der Waals surface area contributed by atoms with E-state index in [2.05, 4.69) is 51.4 Å². The lowest BCUT2D eigenvalue weighted by Crippen LogP contribution is -2.40. The van der Waals surface area contributed by atoms with Crippen LogP contribution in [0.3, 0.4) is 0 Å². The number of anilines is 2. The van der Waals surface area contributed by atoms with Crippen LogP contribution in [-0.2, 0) is 11.3 Å². The van der Waals surface area contributed by atoms with E-state index in [0.29, 0.717) is 17.6 Å². The van der Waals surface area contributed by atoms with Gasteiger partial charge in [0, 0.05) is 67.3 Å². The molecule has 0 radical (unpaired) electrons. The third kappa shape index (κ3) is 5.98. The van der Waals surface area contributed by atoms with Crippen LogP contribution >= 0.6 is 0 Å². The third-order valence-corrected chi connectivity index (χ3v) is 8.03. The first-order chi connectivity index (χ1) is 18.0. The van der Waals surface area contributed by atoms with Gasteiger partial charge in [-0.2, -0.15) is 0 Å². The van der Waals surface area contributed by atoms with Gasteiger partial charge in [0.1, 0.15) is 0 Å². The van der Waals surface area contributed by atoms with Crippen molar-refractivity contribution in [3.8, 4) is 0 Å². The van der Waals surface area contributed by atoms with Gasteiger partial charge < -0.3 is 15.0 Å². The van der Waals surface area contributed by atoms with Gasteiger partial charge in [0.15, 0.2) is 0 Å². The molecule has 37 heavy (non-hydrogen) atoms. The average molecular weight is 501 g/mol. The van der Waals surface area contributed by atoms with E-state index in [9.17, 15) is 4.79 Å². The van der Waals surface area contributed by atoms with Crippen LogP contribution in [-0.4, -0.2) is 73.7 Å². The normalized spacial score (nSPS) is 22.8. The van der Waals surface area contributed by atoms with Crippen molar-refractivity contribution >= 4 is 22.9 Å². The summed E-state index contributed by atoms with van der Waals surface area (Å²) < 4.78 is 5.43. The Morgan fingerprint density at radius 1 is 1.08 bits per heavy atom. The molecular formula is C31H40N4O2. The average Bonchev–Trinajstić information content (AvgIpc) is 3.59. The van der Waals surface area contributed by atoms with Gasteiger partial charge in [-0.3, -0.25) is 14.6 Å². The van der Waals surface area contributed by atoms with Crippen molar-refractivity contribution in [1.29, 1.82) is 0 Å². The SMILES string of the molecule is C=CC1CCCN1C1CCN(c2ccc(NC(=O)c3ccc(CN4CCOCC4)cc3)cc2C(=C)C)C1. The molecule has 3 fully saturated rings. The molecule has 2 atom stereocenters. The van der Waals surface area contributed by atoms with Crippen LogP contribution in [0.15, 0.2) is 61.7 Å². The lowest BCUT2D eigenvalue weighted by molar-refractivity contribution is 0.0342. The number of amides is 1. The van der Waals surface area contributed by atoms with Crippen molar-refractivity contribution in [2.45, 2.75) is 44.8 Å². The molecule has 1 amide bonds. The monoisotopic (exact) mass is 500 g/mol. The zero-order valence-electron chi connectivity index (χ0n) is 22.1. The highest BCUT2D eigenvalue weighted by molar-refractivity contribution is 6.04. The van der Waals surface area contributed by atoms with Crippen LogP contribution in [0.4, 0.5) is 11.4 Å². The number of rotatable bonds is 8. The minimum Gasteiger partial charge on any atom is -0.379 e.